The maximum Gasteiger partial charge on any atom is 0.240 e. The van der Waals surface area contributed by atoms with Gasteiger partial charge in [-0.15, -0.1) is 0 Å². The Morgan fingerprint density at radius 2 is 2.00 bits per heavy atom. The van der Waals surface area contributed by atoms with Gasteiger partial charge in [0.1, 0.15) is 0 Å². The van der Waals surface area contributed by atoms with Crippen molar-refractivity contribution >= 4 is 27.3 Å². The van der Waals surface area contributed by atoms with Crippen LogP contribution in [0.1, 0.15) is 25.7 Å². The molecule has 1 fully saturated rings. The van der Waals surface area contributed by atoms with Gasteiger partial charge in [-0.05, 0) is 31.0 Å². The first-order valence-corrected chi connectivity index (χ1v) is 8.02. The summed E-state index contributed by atoms with van der Waals surface area (Å²) in [6.45, 7) is 0. The van der Waals surface area contributed by atoms with Gasteiger partial charge in [-0.25, -0.2) is 13.1 Å². The lowest BCUT2D eigenvalue weighted by Gasteiger charge is -2.28. The summed E-state index contributed by atoms with van der Waals surface area (Å²) in [5.74, 6) is 0. The Balaban J connectivity index is 2.19. The minimum absolute atomic E-state index is 0.0622. The zero-order chi connectivity index (χ0) is 14.0. The summed E-state index contributed by atoms with van der Waals surface area (Å²) in [6.07, 6.45) is 2.47. The summed E-state index contributed by atoms with van der Waals surface area (Å²) in [6, 6.07) is 3.73. The summed E-state index contributed by atoms with van der Waals surface area (Å²) in [5.41, 5.74) is 5.82. The van der Waals surface area contributed by atoms with Crippen molar-refractivity contribution in [3.63, 3.8) is 0 Å². The molecule has 5 nitrogen and oxygen atoms in total. The van der Waals surface area contributed by atoms with Gasteiger partial charge in [-0.1, -0.05) is 24.4 Å². The van der Waals surface area contributed by atoms with Crippen LogP contribution < -0.4 is 10.5 Å². The highest BCUT2D eigenvalue weighted by Crippen LogP contribution is 2.24. The highest BCUT2D eigenvalue weighted by Gasteiger charge is 2.28. The van der Waals surface area contributed by atoms with Gasteiger partial charge in [0.2, 0.25) is 10.0 Å². The van der Waals surface area contributed by atoms with Crippen molar-refractivity contribution in [2.75, 3.05) is 5.73 Å². The Kier molecular flexibility index (Phi) is 4.35. The van der Waals surface area contributed by atoms with Gasteiger partial charge in [0.05, 0.1) is 21.7 Å². The van der Waals surface area contributed by atoms with Gasteiger partial charge in [0.25, 0.3) is 0 Å². The Morgan fingerprint density at radius 1 is 1.32 bits per heavy atom. The van der Waals surface area contributed by atoms with Crippen LogP contribution in [0.2, 0.25) is 5.02 Å². The second-order valence-corrected chi connectivity index (χ2v) is 6.88. The van der Waals surface area contributed by atoms with Crippen LogP contribution in [0.25, 0.3) is 0 Å². The fourth-order valence-electron chi connectivity index (χ4n) is 2.21. The SMILES string of the molecule is Nc1cc(S(=O)(=O)N[C@@H]2CCCC[C@H]2O)ccc1Cl. The predicted octanol–water partition coefficient (Wildman–Crippen LogP) is 1.50. The Labute approximate surface area is 117 Å². The normalized spacial score (nSPS) is 24.3. The van der Waals surface area contributed by atoms with E-state index in [4.69, 9.17) is 17.3 Å². The molecule has 0 saturated heterocycles. The van der Waals surface area contributed by atoms with E-state index in [9.17, 15) is 13.5 Å². The van der Waals surface area contributed by atoms with Crippen LogP contribution in [0.3, 0.4) is 0 Å². The van der Waals surface area contributed by atoms with Crippen molar-refractivity contribution < 1.29 is 13.5 Å². The topological polar surface area (TPSA) is 92.4 Å². The molecule has 0 spiro atoms. The van der Waals surface area contributed by atoms with Crippen LogP contribution in [0, 0.1) is 0 Å². The smallest absolute Gasteiger partial charge is 0.240 e. The number of sulfonamides is 1. The van der Waals surface area contributed by atoms with Crippen LogP contribution in [0.4, 0.5) is 5.69 Å². The van der Waals surface area contributed by atoms with Crippen molar-refractivity contribution in [3.8, 4) is 0 Å². The number of aliphatic hydroxyl groups excluding tert-OH is 1. The molecule has 1 aliphatic carbocycles. The van der Waals surface area contributed by atoms with Crippen molar-refractivity contribution in [1.82, 2.24) is 4.72 Å². The molecule has 2 rings (SSSR count). The molecule has 0 radical (unpaired) electrons. The average Bonchev–Trinajstić information content (AvgIpc) is 2.35. The van der Waals surface area contributed by atoms with Gasteiger partial charge < -0.3 is 10.8 Å². The van der Waals surface area contributed by atoms with E-state index in [1.807, 2.05) is 0 Å². The molecule has 0 aromatic heterocycles. The quantitative estimate of drug-likeness (QED) is 0.738. The number of hydrogen-bond donors (Lipinski definition) is 3. The molecule has 4 N–H and O–H groups in total. The van der Waals surface area contributed by atoms with Crippen molar-refractivity contribution in [2.45, 2.75) is 42.7 Å². The van der Waals surface area contributed by atoms with Crippen LogP contribution >= 0.6 is 11.6 Å². The second-order valence-electron chi connectivity index (χ2n) is 4.76. The number of nitrogens with one attached hydrogen (secondary N) is 1. The number of rotatable bonds is 3. The molecule has 1 saturated carbocycles. The number of anilines is 1. The van der Waals surface area contributed by atoms with E-state index < -0.39 is 22.2 Å². The summed E-state index contributed by atoms with van der Waals surface area (Å²) >= 11 is 5.77. The Bertz CT molecular complexity index is 562. The van der Waals surface area contributed by atoms with E-state index in [1.165, 1.54) is 18.2 Å². The fourth-order valence-corrected chi connectivity index (χ4v) is 3.66. The molecule has 106 valence electrons. The van der Waals surface area contributed by atoms with Crippen LogP contribution in [-0.2, 0) is 10.0 Å². The lowest BCUT2D eigenvalue weighted by molar-refractivity contribution is 0.101. The van der Waals surface area contributed by atoms with Gasteiger partial charge >= 0.3 is 0 Å². The highest BCUT2D eigenvalue weighted by molar-refractivity contribution is 7.89. The summed E-state index contributed by atoms with van der Waals surface area (Å²) < 4.78 is 26.9. The standard InChI is InChI=1S/C12H17ClN2O3S/c13-9-6-5-8(7-10(9)14)19(17,18)15-11-3-1-2-4-12(11)16/h5-7,11-12,15-16H,1-4,14H2/t11-,12-/m1/s1. The number of nitrogens with two attached hydrogens (primary N) is 1. The van der Waals surface area contributed by atoms with Crippen LogP contribution in [0.5, 0.6) is 0 Å². The third-order valence-corrected chi connectivity index (χ3v) is 5.15. The van der Waals surface area contributed by atoms with Crippen LogP contribution in [-0.4, -0.2) is 25.7 Å². The van der Waals surface area contributed by atoms with Gasteiger partial charge in [0, 0.05) is 6.04 Å². The maximum absolute atomic E-state index is 12.2. The number of benzene rings is 1. The molecular weight excluding hydrogens is 288 g/mol. The third-order valence-electron chi connectivity index (χ3n) is 3.31. The Morgan fingerprint density at radius 3 is 2.63 bits per heavy atom. The molecule has 0 aliphatic heterocycles. The Hall–Kier alpha value is -0.820. The molecule has 0 heterocycles. The number of aliphatic hydroxyl groups is 1. The van der Waals surface area contributed by atoms with Crippen molar-refractivity contribution in [1.29, 1.82) is 0 Å². The molecular formula is C12H17ClN2O3S. The first kappa shape index (κ1) is 14.6. The molecule has 1 aromatic rings. The van der Waals surface area contributed by atoms with Crippen LogP contribution in [0.15, 0.2) is 23.1 Å². The predicted molar refractivity (Wildman–Crippen MR) is 74.4 cm³/mol. The molecule has 7 heteroatoms. The van der Waals surface area contributed by atoms with E-state index in [-0.39, 0.29) is 10.6 Å². The summed E-state index contributed by atoms with van der Waals surface area (Å²) in [7, 11) is -3.68. The number of halogens is 1. The van der Waals surface area contributed by atoms with E-state index in [2.05, 4.69) is 4.72 Å². The monoisotopic (exact) mass is 304 g/mol. The summed E-state index contributed by atoms with van der Waals surface area (Å²) in [5, 5.41) is 10.1. The number of hydrogen-bond acceptors (Lipinski definition) is 4. The van der Waals surface area contributed by atoms with Crippen molar-refractivity contribution in [2.24, 2.45) is 0 Å². The third kappa shape index (κ3) is 3.39. The van der Waals surface area contributed by atoms with E-state index in [0.29, 0.717) is 17.9 Å². The van der Waals surface area contributed by atoms with E-state index >= 15 is 0 Å². The highest BCUT2D eigenvalue weighted by atomic mass is 35.5. The minimum Gasteiger partial charge on any atom is -0.397 e. The fraction of sp³-hybridized carbons (Fsp3) is 0.500. The average molecular weight is 305 g/mol. The van der Waals surface area contributed by atoms with E-state index in [1.54, 1.807) is 0 Å². The molecule has 19 heavy (non-hydrogen) atoms. The number of nitrogen functional groups attached to an aromatic ring is 1. The zero-order valence-corrected chi connectivity index (χ0v) is 11.9. The molecule has 0 amide bonds. The first-order chi connectivity index (χ1) is 8.90. The zero-order valence-electron chi connectivity index (χ0n) is 10.3. The van der Waals surface area contributed by atoms with Gasteiger partial charge in [0.15, 0.2) is 0 Å². The first-order valence-electron chi connectivity index (χ1n) is 6.15. The van der Waals surface area contributed by atoms with Gasteiger partial charge in [-0.3, -0.25) is 0 Å². The largest absolute Gasteiger partial charge is 0.397 e. The molecule has 1 aromatic carbocycles. The maximum atomic E-state index is 12.2. The minimum atomic E-state index is -3.68. The molecule has 0 unspecified atom stereocenters. The molecule has 2 atom stereocenters. The van der Waals surface area contributed by atoms with Gasteiger partial charge in [-0.2, -0.15) is 0 Å². The van der Waals surface area contributed by atoms with E-state index in [0.717, 1.165) is 12.8 Å². The molecule has 1 aliphatic rings. The molecule has 0 bridgehead atoms. The lowest BCUT2D eigenvalue weighted by Crippen LogP contribution is -2.44. The second kappa shape index (κ2) is 5.66. The summed E-state index contributed by atoms with van der Waals surface area (Å²) in [4.78, 5) is 0.0622. The lowest BCUT2D eigenvalue weighted by atomic mass is 9.93. The van der Waals surface area contributed by atoms with Crippen molar-refractivity contribution in [3.05, 3.63) is 23.2 Å².